The predicted octanol–water partition coefficient (Wildman–Crippen LogP) is 4.76. The highest BCUT2D eigenvalue weighted by molar-refractivity contribution is 5.36. The first-order valence-corrected chi connectivity index (χ1v) is 8.25. The Morgan fingerprint density at radius 2 is 1.77 bits per heavy atom. The van der Waals surface area contributed by atoms with Gasteiger partial charge in [0.2, 0.25) is 0 Å². The van der Waals surface area contributed by atoms with Crippen LogP contribution in [-0.4, -0.2) is 14.8 Å². The molecule has 0 aliphatic heterocycles. The third-order valence-electron chi connectivity index (χ3n) is 4.26. The summed E-state index contributed by atoms with van der Waals surface area (Å²) in [4.78, 5) is 3.77. The van der Waals surface area contributed by atoms with Crippen LogP contribution < -0.4 is 5.32 Å². The number of pyridine rings is 1. The number of hydrogen-bond acceptors (Lipinski definition) is 3. The molecule has 0 fully saturated rings. The minimum atomic E-state index is -2.58. The van der Waals surface area contributed by atoms with E-state index < -0.39 is 6.43 Å². The minimum absolute atomic E-state index is 0.127. The Kier molecular flexibility index (Phi) is 5.37. The first kappa shape index (κ1) is 18.1. The van der Waals surface area contributed by atoms with E-state index in [1.54, 1.807) is 30.6 Å². The Hall–Kier alpha value is -2.67. The van der Waals surface area contributed by atoms with Gasteiger partial charge < -0.3 is 5.32 Å². The standard InChI is InChI=1S/C19H19F3N4/c1-12(25-13(2)15-4-6-17(19(21)22)23-11-15)14-5-7-18(16(20)10-14)26-9-3-8-24-26/h3-13,19,25H,1-2H3/t12-,13?/m1/s1. The fraction of sp³-hybridized carbons (Fsp3) is 0.263. The number of nitrogens with zero attached hydrogens (tertiary/aromatic N) is 3. The molecule has 0 spiro atoms. The molecule has 2 atom stereocenters. The van der Waals surface area contributed by atoms with Crippen LogP contribution in [-0.2, 0) is 0 Å². The van der Waals surface area contributed by atoms with Crippen LogP contribution in [0.4, 0.5) is 13.2 Å². The fourth-order valence-corrected chi connectivity index (χ4v) is 2.76. The highest BCUT2D eigenvalue weighted by Gasteiger charge is 2.15. The van der Waals surface area contributed by atoms with Gasteiger partial charge >= 0.3 is 0 Å². The summed E-state index contributed by atoms with van der Waals surface area (Å²) in [5, 5.41) is 7.36. The molecule has 1 unspecified atom stereocenters. The summed E-state index contributed by atoms with van der Waals surface area (Å²) < 4.78 is 41.0. The summed E-state index contributed by atoms with van der Waals surface area (Å²) in [5.74, 6) is -0.365. The lowest BCUT2D eigenvalue weighted by Gasteiger charge is -2.21. The number of rotatable bonds is 6. The summed E-state index contributed by atoms with van der Waals surface area (Å²) in [7, 11) is 0. The first-order valence-electron chi connectivity index (χ1n) is 8.25. The van der Waals surface area contributed by atoms with E-state index in [2.05, 4.69) is 15.4 Å². The van der Waals surface area contributed by atoms with Crippen molar-refractivity contribution in [1.29, 1.82) is 0 Å². The molecular formula is C19H19F3N4. The van der Waals surface area contributed by atoms with Gasteiger partial charge in [-0.05, 0) is 49.2 Å². The van der Waals surface area contributed by atoms with Crippen molar-refractivity contribution in [1.82, 2.24) is 20.1 Å². The van der Waals surface area contributed by atoms with Crippen LogP contribution in [0, 0.1) is 5.82 Å². The molecule has 0 radical (unpaired) electrons. The second-order valence-electron chi connectivity index (χ2n) is 6.09. The zero-order valence-corrected chi connectivity index (χ0v) is 14.4. The van der Waals surface area contributed by atoms with Gasteiger partial charge in [-0.2, -0.15) is 5.10 Å². The summed E-state index contributed by atoms with van der Waals surface area (Å²) >= 11 is 0. The monoisotopic (exact) mass is 360 g/mol. The molecular weight excluding hydrogens is 341 g/mol. The number of halogens is 3. The van der Waals surface area contributed by atoms with Crippen molar-refractivity contribution >= 4 is 0 Å². The van der Waals surface area contributed by atoms with Gasteiger partial charge in [-0.15, -0.1) is 0 Å². The van der Waals surface area contributed by atoms with Crippen LogP contribution in [0.2, 0.25) is 0 Å². The lowest BCUT2D eigenvalue weighted by Crippen LogP contribution is -2.23. The third kappa shape index (κ3) is 3.94. The van der Waals surface area contributed by atoms with E-state index in [1.807, 2.05) is 19.9 Å². The Bertz CT molecular complexity index is 848. The van der Waals surface area contributed by atoms with Gasteiger partial charge in [0, 0.05) is 30.7 Å². The van der Waals surface area contributed by atoms with Crippen LogP contribution >= 0.6 is 0 Å². The van der Waals surface area contributed by atoms with E-state index >= 15 is 0 Å². The van der Waals surface area contributed by atoms with E-state index in [0.717, 1.165) is 11.1 Å². The molecule has 0 aliphatic rings. The number of aromatic nitrogens is 3. The Balaban J connectivity index is 1.71. The second-order valence-corrected chi connectivity index (χ2v) is 6.09. The van der Waals surface area contributed by atoms with Gasteiger partial charge in [-0.3, -0.25) is 4.98 Å². The van der Waals surface area contributed by atoms with Gasteiger partial charge in [0.1, 0.15) is 17.2 Å². The van der Waals surface area contributed by atoms with Crippen molar-refractivity contribution in [3.63, 3.8) is 0 Å². The van der Waals surface area contributed by atoms with Gasteiger partial charge in [0.15, 0.2) is 0 Å². The van der Waals surface area contributed by atoms with E-state index in [9.17, 15) is 13.2 Å². The molecule has 2 aromatic heterocycles. The number of nitrogens with one attached hydrogen (secondary N) is 1. The van der Waals surface area contributed by atoms with Crippen molar-refractivity contribution < 1.29 is 13.2 Å². The van der Waals surface area contributed by atoms with Crippen molar-refractivity contribution in [2.24, 2.45) is 0 Å². The smallest absolute Gasteiger partial charge is 0.280 e. The maximum Gasteiger partial charge on any atom is 0.280 e. The van der Waals surface area contributed by atoms with Crippen molar-refractivity contribution in [2.75, 3.05) is 0 Å². The second kappa shape index (κ2) is 7.70. The maximum absolute atomic E-state index is 14.4. The highest BCUT2D eigenvalue weighted by Crippen LogP contribution is 2.23. The molecule has 4 nitrogen and oxygen atoms in total. The SMILES string of the molecule is CC(N[C@H](C)c1ccc(-n2cccn2)c(F)c1)c1ccc(C(F)F)nc1. The zero-order chi connectivity index (χ0) is 18.7. The van der Waals surface area contributed by atoms with E-state index in [-0.39, 0.29) is 23.6 Å². The average molecular weight is 360 g/mol. The predicted molar refractivity (Wildman–Crippen MR) is 92.7 cm³/mol. The molecule has 1 N–H and O–H groups in total. The fourth-order valence-electron chi connectivity index (χ4n) is 2.76. The maximum atomic E-state index is 14.4. The van der Waals surface area contributed by atoms with Gasteiger partial charge in [-0.25, -0.2) is 17.9 Å². The molecule has 0 saturated carbocycles. The molecule has 7 heteroatoms. The third-order valence-corrected chi connectivity index (χ3v) is 4.26. The molecule has 136 valence electrons. The van der Waals surface area contributed by atoms with Crippen LogP contribution in [0.15, 0.2) is 55.0 Å². The zero-order valence-electron chi connectivity index (χ0n) is 14.4. The molecule has 2 heterocycles. The van der Waals surface area contributed by atoms with E-state index in [1.165, 1.54) is 23.0 Å². The molecule has 0 bridgehead atoms. The first-order chi connectivity index (χ1) is 12.5. The summed E-state index contributed by atoms with van der Waals surface area (Å²) in [6, 6.07) is 9.40. The molecule has 0 saturated heterocycles. The largest absolute Gasteiger partial charge is 0.304 e. The topological polar surface area (TPSA) is 42.7 Å². The van der Waals surface area contributed by atoms with Crippen molar-refractivity contribution in [3.05, 3.63) is 77.6 Å². The van der Waals surface area contributed by atoms with E-state index in [4.69, 9.17) is 0 Å². The summed E-state index contributed by atoms with van der Waals surface area (Å²) in [6.45, 7) is 3.82. The van der Waals surface area contributed by atoms with Gasteiger partial charge in [-0.1, -0.05) is 12.1 Å². The van der Waals surface area contributed by atoms with Crippen LogP contribution in [0.1, 0.15) is 49.2 Å². The minimum Gasteiger partial charge on any atom is -0.304 e. The Labute approximate surface area is 149 Å². The van der Waals surface area contributed by atoms with Crippen molar-refractivity contribution in [3.8, 4) is 5.69 Å². The quantitative estimate of drug-likeness (QED) is 0.689. The average Bonchev–Trinajstić information content (AvgIpc) is 3.16. The number of hydrogen-bond donors (Lipinski definition) is 1. The lowest BCUT2D eigenvalue weighted by atomic mass is 10.0. The number of benzene rings is 1. The Morgan fingerprint density at radius 3 is 2.35 bits per heavy atom. The Morgan fingerprint density at radius 1 is 1.04 bits per heavy atom. The molecule has 0 amide bonds. The van der Waals surface area contributed by atoms with Gasteiger partial charge in [0.05, 0.1) is 0 Å². The highest BCUT2D eigenvalue weighted by atomic mass is 19.3. The molecule has 0 aliphatic carbocycles. The van der Waals surface area contributed by atoms with E-state index in [0.29, 0.717) is 5.69 Å². The molecule has 26 heavy (non-hydrogen) atoms. The normalized spacial score (nSPS) is 13.8. The van der Waals surface area contributed by atoms with Crippen LogP contribution in [0.5, 0.6) is 0 Å². The van der Waals surface area contributed by atoms with Gasteiger partial charge in [0.25, 0.3) is 6.43 Å². The van der Waals surface area contributed by atoms with Crippen LogP contribution in [0.3, 0.4) is 0 Å². The van der Waals surface area contributed by atoms with Crippen LogP contribution in [0.25, 0.3) is 5.69 Å². The van der Waals surface area contributed by atoms with Crippen molar-refractivity contribution in [2.45, 2.75) is 32.4 Å². The molecule has 1 aromatic carbocycles. The summed E-state index contributed by atoms with van der Waals surface area (Å²) in [6.07, 6.45) is 2.13. The summed E-state index contributed by atoms with van der Waals surface area (Å²) in [5.41, 5.74) is 1.70. The molecule has 3 rings (SSSR count). The molecule has 3 aromatic rings. The lowest BCUT2D eigenvalue weighted by molar-refractivity contribution is 0.146. The number of alkyl halides is 2.